The Morgan fingerprint density at radius 2 is 1.79 bits per heavy atom. The van der Waals surface area contributed by atoms with Crippen LogP contribution in [0, 0.1) is 0 Å². The maximum atomic E-state index is 12.2. The molecule has 3 N–H and O–H groups in total. The molecule has 24 heavy (non-hydrogen) atoms. The van der Waals surface area contributed by atoms with Gasteiger partial charge in [-0.15, -0.1) is 0 Å². The number of anilines is 1. The highest BCUT2D eigenvalue weighted by Crippen LogP contribution is 2.11. The smallest absolute Gasteiger partial charge is 0.251 e. The van der Waals surface area contributed by atoms with E-state index < -0.39 is 0 Å². The molecule has 0 unspecified atom stereocenters. The van der Waals surface area contributed by atoms with Crippen LogP contribution in [0.3, 0.4) is 0 Å². The number of carbonyl (C=O) groups is 2. The van der Waals surface area contributed by atoms with Gasteiger partial charge in [-0.1, -0.05) is 43.3 Å². The molecular formula is C18H19N3O2S. The molecule has 0 bridgehead atoms. The van der Waals surface area contributed by atoms with Gasteiger partial charge in [-0.25, -0.2) is 0 Å². The zero-order valence-corrected chi connectivity index (χ0v) is 14.2. The van der Waals surface area contributed by atoms with Gasteiger partial charge in [0.05, 0.1) is 0 Å². The van der Waals surface area contributed by atoms with E-state index in [-0.39, 0.29) is 16.9 Å². The van der Waals surface area contributed by atoms with Crippen molar-refractivity contribution >= 4 is 34.8 Å². The van der Waals surface area contributed by atoms with Gasteiger partial charge in [0.25, 0.3) is 5.91 Å². The summed E-state index contributed by atoms with van der Waals surface area (Å²) in [7, 11) is 0. The molecule has 0 aliphatic rings. The molecule has 2 rings (SSSR count). The average Bonchev–Trinajstić information content (AvgIpc) is 2.60. The van der Waals surface area contributed by atoms with E-state index in [1.165, 1.54) is 0 Å². The van der Waals surface area contributed by atoms with Crippen LogP contribution in [0.25, 0.3) is 0 Å². The first-order chi connectivity index (χ1) is 11.6. The summed E-state index contributed by atoms with van der Waals surface area (Å²) in [6.07, 6.45) is 0.351. The Balaban J connectivity index is 1.95. The summed E-state index contributed by atoms with van der Waals surface area (Å²) in [5.74, 6) is -0.338. The van der Waals surface area contributed by atoms with E-state index in [2.05, 4.69) is 16.0 Å². The maximum absolute atomic E-state index is 12.2. The molecule has 124 valence electrons. The lowest BCUT2D eigenvalue weighted by Gasteiger charge is -2.10. The highest BCUT2D eigenvalue weighted by molar-refractivity contribution is 7.80. The van der Waals surface area contributed by atoms with Gasteiger partial charge in [-0.05, 0) is 36.0 Å². The molecule has 0 fully saturated rings. The fourth-order valence-corrected chi connectivity index (χ4v) is 2.23. The van der Waals surface area contributed by atoms with Crippen LogP contribution in [0.15, 0.2) is 54.6 Å². The fourth-order valence-electron chi connectivity index (χ4n) is 2.00. The first-order valence-electron chi connectivity index (χ1n) is 7.61. The predicted molar refractivity (Wildman–Crippen MR) is 98.7 cm³/mol. The van der Waals surface area contributed by atoms with Crippen molar-refractivity contribution in [1.29, 1.82) is 0 Å². The number of nitrogens with one attached hydrogen (secondary N) is 3. The third kappa shape index (κ3) is 5.48. The van der Waals surface area contributed by atoms with E-state index in [0.717, 1.165) is 5.56 Å². The van der Waals surface area contributed by atoms with Crippen LogP contribution in [0.4, 0.5) is 5.69 Å². The molecule has 0 saturated heterocycles. The molecule has 6 heteroatoms. The Morgan fingerprint density at radius 3 is 2.50 bits per heavy atom. The lowest BCUT2D eigenvalue weighted by atomic mass is 10.1. The van der Waals surface area contributed by atoms with Crippen molar-refractivity contribution in [1.82, 2.24) is 10.6 Å². The van der Waals surface area contributed by atoms with Crippen molar-refractivity contribution in [2.24, 2.45) is 0 Å². The SMILES string of the molecule is CCC(=O)NC(=S)Nc1cccc(C(=O)NCc2ccccc2)c1. The van der Waals surface area contributed by atoms with Crippen molar-refractivity contribution in [3.63, 3.8) is 0 Å². The Hall–Kier alpha value is -2.73. The van der Waals surface area contributed by atoms with Gasteiger partial charge in [0.1, 0.15) is 0 Å². The molecule has 0 saturated carbocycles. The number of amides is 2. The molecule has 2 aromatic rings. The molecule has 2 amide bonds. The topological polar surface area (TPSA) is 70.2 Å². The monoisotopic (exact) mass is 341 g/mol. The van der Waals surface area contributed by atoms with Gasteiger partial charge in [0, 0.05) is 24.2 Å². The van der Waals surface area contributed by atoms with Gasteiger partial charge in [-0.2, -0.15) is 0 Å². The lowest BCUT2D eigenvalue weighted by molar-refractivity contribution is -0.119. The van der Waals surface area contributed by atoms with Crippen molar-refractivity contribution in [2.75, 3.05) is 5.32 Å². The Morgan fingerprint density at radius 1 is 1.04 bits per heavy atom. The molecule has 0 atom stereocenters. The molecular weight excluding hydrogens is 322 g/mol. The van der Waals surface area contributed by atoms with E-state index in [4.69, 9.17) is 12.2 Å². The summed E-state index contributed by atoms with van der Waals surface area (Å²) in [5.41, 5.74) is 2.19. The molecule has 5 nitrogen and oxygen atoms in total. The standard InChI is InChI=1S/C18H19N3O2S/c1-2-16(22)21-18(24)20-15-10-6-9-14(11-15)17(23)19-12-13-7-4-3-5-8-13/h3-11H,2,12H2,1H3,(H,19,23)(H2,20,21,22,24). The molecule has 0 spiro atoms. The Labute approximate surface area is 146 Å². The molecule has 0 radical (unpaired) electrons. The van der Waals surface area contributed by atoms with Gasteiger partial charge in [0.15, 0.2) is 5.11 Å². The van der Waals surface area contributed by atoms with Crippen molar-refractivity contribution in [2.45, 2.75) is 19.9 Å². The lowest BCUT2D eigenvalue weighted by Crippen LogP contribution is -2.33. The normalized spacial score (nSPS) is 9.88. The van der Waals surface area contributed by atoms with Gasteiger partial charge >= 0.3 is 0 Å². The summed E-state index contributed by atoms with van der Waals surface area (Å²) >= 11 is 5.06. The first kappa shape index (κ1) is 17.6. The zero-order valence-electron chi connectivity index (χ0n) is 13.3. The number of rotatable bonds is 5. The number of hydrogen-bond donors (Lipinski definition) is 3. The highest BCUT2D eigenvalue weighted by atomic mass is 32.1. The van der Waals surface area contributed by atoms with E-state index in [0.29, 0.717) is 24.2 Å². The summed E-state index contributed by atoms with van der Waals surface area (Å²) < 4.78 is 0. The highest BCUT2D eigenvalue weighted by Gasteiger charge is 2.07. The molecule has 0 aliphatic heterocycles. The van der Waals surface area contributed by atoms with Crippen molar-refractivity contribution in [3.8, 4) is 0 Å². The van der Waals surface area contributed by atoms with Gasteiger partial charge < -0.3 is 16.0 Å². The number of carbonyl (C=O) groups excluding carboxylic acids is 2. The second-order valence-electron chi connectivity index (χ2n) is 5.10. The zero-order chi connectivity index (χ0) is 17.4. The average molecular weight is 341 g/mol. The summed E-state index contributed by atoms with van der Waals surface area (Å²) in [6, 6.07) is 16.6. The van der Waals surface area contributed by atoms with Crippen molar-refractivity contribution in [3.05, 3.63) is 65.7 Å². The molecule has 0 aliphatic carbocycles. The quantitative estimate of drug-likeness (QED) is 0.732. The first-order valence-corrected chi connectivity index (χ1v) is 8.02. The summed E-state index contributed by atoms with van der Waals surface area (Å²) in [4.78, 5) is 23.5. The van der Waals surface area contributed by atoms with Crippen LogP contribution in [-0.4, -0.2) is 16.9 Å². The van der Waals surface area contributed by atoms with E-state index in [1.807, 2.05) is 30.3 Å². The van der Waals surface area contributed by atoms with E-state index >= 15 is 0 Å². The Bertz CT molecular complexity index is 732. The number of hydrogen-bond acceptors (Lipinski definition) is 3. The van der Waals surface area contributed by atoms with Crippen LogP contribution in [-0.2, 0) is 11.3 Å². The summed E-state index contributed by atoms with van der Waals surface area (Å²) in [5, 5.41) is 8.53. The summed E-state index contributed by atoms with van der Waals surface area (Å²) in [6.45, 7) is 2.21. The van der Waals surface area contributed by atoms with E-state index in [1.54, 1.807) is 31.2 Å². The van der Waals surface area contributed by atoms with Gasteiger partial charge in [-0.3, -0.25) is 9.59 Å². The second kappa shape index (κ2) is 8.79. The minimum atomic E-state index is -0.175. The van der Waals surface area contributed by atoms with Crippen LogP contribution >= 0.6 is 12.2 Å². The predicted octanol–water partition coefficient (Wildman–Crippen LogP) is 2.84. The molecule has 0 heterocycles. The van der Waals surface area contributed by atoms with Crippen molar-refractivity contribution < 1.29 is 9.59 Å². The minimum Gasteiger partial charge on any atom is -0.348 e. The third-order valence-corrected chi connectivity index (χ3v) is 3.46. The number of benzene rings is 2. The minimum absolute atomic E-state index is 0.163. The largest absolute Gasteiger partial charge is 0.348 e. The second-order valence-corrected chi connectivity index (χ2v) is 5.51. The molecule has 0 aromatic heterocycles. The maximum Gasteiger partial charge on any atom is 0.251 e. The van der Waals surface area contributed by atoms with Crippen LogP contribution in [0.1, 0.15) is 29.3 Å². The number of thiocarbonyl (C=S) groups is 1. The van der Waals surface area contributed by atoms with Crippen LogP contribution in [0.5, 0.6) is 0 Å². The molecule has 2 aromatic carbocycles. The van der Waals surface area contributed by atoms with Crippen LogP contribution < -0.4 is 16.0 Å². The van der Waals surface area contributed by atoms with Gasteiger partial charge in [0.2, 0.25) is 5.91 Å². The Kier molecular flexibility index (Phi) is 6.45. The third-order valence-electron chi connectivity index (χ3n) is 3.25. The van der Waals surface area contributed by atoms with E-state index in [9.17, 15) is 9.59 Å². The van der Waals surface area contributed by atoms with Crippen LogP contribution in [0.2, 0.25) is 0 Å². The fraction of sp³-hybridized carbons (Fsp3) is 0.167.